The Bertz CT molecular complexity index is 428. The van der Waals surface area contributed by atoms with Crippen molar-refractivity contribution >= 4 is 5.78 Å². The van der Waals surface area contributed by atoms with E-state index in [4.69, 9.17) is 0 Å². The van der Waals surface area contributed by atoms with Gasteiger partial charge in [-0.05, 0) is 37.3 Å². The van der Waals surface area contributed by atoms with Gasteiger partial charge in [0.15, 0.2) is 0 Å². The molecule has 2 nitrogen and oxygen atoms in total. The summed E-state index contributed by atoms with van der Waals surface area (Å²) >= 11 is 0. The number of carbonyl (C=O) groups excluding carboxylic acids is 1. The fourth-order valence-corrected chi connectivity index (χ4v) is 3.56. The summed E-state index contributed by atoms with van der Waals surface area (Å²) < 4.78 is 0. The van der Waals surface area contributed by atoms with Gasteiger partial charge in [-0.25, -0.2) is 0 Å². The first-order valence-electron chi connectivity index (χ1n) is 7.63. The summed E-state index contributed by atoms with van der Waals surface area (Å²) in [6, 6.07) is 10.8. The quantitative estimate of drug-likeness (QED) is 0.828. The van der Waals surface area contributed by atoms with Crippen LogP contribution in [0.3, 0.4) is 0 Å². The van der Waals surface area contributed by atoms with Crippen molar-refractivity contribution in [2.75, 3.05) is 19.6 Å². The van der Waals surface area contributed by atoms with Crippen molar-refractivity contribution in [3.8, 4) is 0 Å². The molecule has 1 saturated carbocycles. The second-order valence-electron chi connectivity index (χ2n) is 6.06. The van der Waals surface area contributed by atoms with Crippen molar-refractivity contribution in [3.63, 3.8) is 0 Å². The maximum atomic E-state index is 11.9. The molecule has 1 aliphatic carbocycles. The van der Waals surface area contributed by atoms with Gasteiger partial charge >= 0.3 is 0 Å². The van der Waals surface area contributed by atoms with Gasteiger partial charge in [0.05, 0.1) is 0 Å². The molecule has 2 atom stereocenters. The van der Waals surface area contributed by atoms with Crippen molar-refractivity contribution in [3.05, 3.63) is 35.9 Å². The number of nitrogens with zero attached hydrogens (tertiary/aromatic N) is 1. The van der Waals surface area contributed by atoms with E-state index in [1.54, 1.807) is 0 Å². The molecule has 2 unspecified atom stereocenters. The van der Waals surface area contributed by atoms with Crippen LogP contribution in [-0.2, 0) is 4.79 Å². The van der Waals surface area contributed by atoms with Crippen LogP contribution < -0.4 is 0 Å². The Hall–Kier alpha value is -1.15. The first-order valence-corrected chi connectivity index (χ1v) is 7.63. The van der Waals surface area contributed by atoms with Crippen molar-refractivity contribution in [2.24, 2.45) is 5.92 Å². The highest BCUT2D eigenvalue weighted by Gasteiger charge is 2.29. The fraction of sp³-hybridized carbons (Fsp3) is 0.588. The lowest BCUT2D eigenvalue weighted by Crippen LogP contribution is -2.33. The summed E-state index contributed by atoms with van der Waals surface area (Å²) in [5.74, 6) is 1.50. The molecule has 1 saturated heterocycles. The molecule has 3 rings (SSSR count). The predicted molar refractivity (Wildman–Crippen MR) is 77.2 cm³/mol. The summed E-state index contributed by atoms with van der Waals surface area (Å²) in [4.78, 5) is 14.4. The van der Waals surface area contributed by atoms with Crippen molar-refractivity contribution < 1.29 is 4.79 Å². The first kappa shape index (κ1) is 12.9. The van der Waals surface area contributed by atoms with E-state index in [1.165, 1.54) is 18.4 Å². The highest BCUT2D eigenvalue weighted by Crippen LogP contribution is 2.29. The highest BCUT2D eigenvalue weighted by molar-refractivity contribution is 5.81. The molecular weight excluding hydrogens is 234 g/mol. The highest BCUT2D eigenvalue weighted by atomic mass is 16.1. The Labute approximate surface area is 115 Å². The molecule has 1 aromatic rings. The van der Waals surface area contributed by atoms with Crippen molar-refractivity contribution in [1.29, 1.82) is 0 Å². The summed E-state index contributed by atoms with van der Waals surface area (Å²) in [6.45, 7) is 3.29. The molecule has 2 heteroatoms. The van der Waals surface area contributed by atoms with Gasteiger partial charge in [0, 0.05) is 25.4 Å². The SMILES string of the molecule is O=C1CCCCC1CN1CCC(c2ccccc2)C1. The van der Waals surface area contributed by atoms with Gasteiger partial charge in [-0.3, -0.25) is 4.79 Å². The zero-order valence-corrected chi connectivity index (χ0v) is 11.6. The van der Waals surface area contributed by atoms with Gasteiger partial charge in [0.1, 0.15) is 5.78 Å². The molecule has 1 aliphatic heterocycles. The molecule has 0 aromatic heterocycles. The second-order valence-corrected chi connectivity index (χ2v) is 6.06. The van der Waals surface area contributed by atoms with E-state index in [1.807, 2.05) is 0 Å². The molecule has 0 amide bonds. The van der Waals surface area contributed by atoms with Gasteiger partial charge < -0.3 is 4.90 Å². The lowest BCUT2D eigenvalue weighted by atomic mass is 9.87. The van der Waals surface area contributed by atoms with E-state index in [-0.39, 0.29) is 0 Å². The molecule has 2 fully saturated rings. The van der Waals surface area contributed by atoms with Crippen molar-refractivity contribution in [1.82, 2.24) is 4.90 Å². The fourth-order valence-electron chi connectivity index (χ4n) is 3.56. The van der Waals surface area contributed by atoms with Gasteiger partial charge in [0.25, 0.3) is 0 Å². The van der Waals surface area contributed by atoms with Crippen LogP contribution in [0.1, 0.15) is 43.6 Å². The van der Waals surface area contributed by atoms with Gasteiger partial charge in [-0.1, -0.05) is 36.8 Å². The predicted octanol–water partition coefficient (Wildman–Crippen LogP) is 3.24. The molecule has 0 spiro atoms. The minimum atomic E-state index is 0.322. The summed E-state index contributed by atoms with van der Waals surface area (Å²) in [5, 5.41) is 0. The Kier molecular flexibility index (Phi) is 3.97. The molecule has 2 aliphatic rings. The minimum Gasteiger partial charge on any atom is -0.302 e. The molecular formula is C17H23NO. The zero-order valence-electron chi connectivity index (χ0n) is 11.6. The third-order valence-electron chi connectivity index (χ3n) is 4.70. The lowest BCUT2D eigenvalue weighted by molar-refractivity contribution is -0.125. The molecule has 1 heterocycles. The third-order valence-corrected chi connectivity index (χ3v) is 4.70. The Morgan fingerprint density at radius 1 is 1.11 bits per heavy atom. The van der Waals surface area contributed by atoms with Crippen LogP contribution in [0.15, 0.2) is 30.3 Å². The van der Waals surface area contributed by atoms with E-state index < -0.39 is 0 Å². The molecule has 19 heavy (non-hydrogen) atoms. The van der Waals surface area contributed by atoms with E-state index >= 15 is 0 Å². The number of hydrogen-bond acceptors (Lipinski definition) is 2. The number of likely N-dealkylation sites (tertiary alicyclic amines) is 1. The largest absolute Gasteiger partial charge is 0.302 e. The molecule has 0 radical (unpaired) electrons. The Balaban J connectivity index is 1.56. The van der Waals surface area contributed by atoms with E-state index in [0.717, 1.165) is 38.9 Å². The first-order chi connectivity index (χ1) is 9.33. The maximum absolute atomic E-state index is 11.9. The summed E-state index contributed by atoms with van der Waals surface area (Å²) in [7, 11) is 0. The second kappa shape index (κ2) is 5.87. The normalized spacial score (nSPS) is 28.7. The van der Waals surface area contributed by atoms with E-state index in [9.17, 15) is 4.79 Å². The van der Waals surface area contributed by atoms with Crippen LogP contribution in [0, 0.1) is 5.92 Å². The number of hydrogen-bond donors (Lipinski definition) is 0. The smallest absolute Gasteiger partial charge is 0.137 e. The van der Waals surface area contributed by atoms with Crippen LogP contribution >= 0.6 is 0 Å². The summed E-state index contributed by atoms with van der Waals surface area (Å²) in [6.07, 6.45) is 5.53. The zero-order chi connectivity index (χ0) is 13.1. The monoisotopic (exact) mass is 257 g/mol. The molecule has 0 bridgehead atoms. The molecule has 1 aromatic carbocycles. The van der Waals surface area contributed by atoms with Crippen LogP contribution in [0.5, 0.6) is 0 Å². The minimum absolute atomic E-state index is 0.322. The van der Waals surface area contributed by atoms with E-state index in [2.05, 4.69) is 35.2 Å². The van der Waals surface area contributed by atoms with Gasteiger partial charge in [-0.2, -0.15) is 0 Å². The van der Waals surface area contributed by atoms with Gasteiger partial charge in [0.2, 0.25) is 0 Å². The van der Waals surface area contributed by atoms with Crippen LogP contribution in [0.2, 0.25) is 0 Å². The van der Waals surface area contributed by atoms with E-state index in [0.29, 0.717) is 17.6 Å². The maximum Gasteiger partial charge on any atom is 0.137 e. The number of Topliss-reactive ketones (excluding diaryl/α,β-unsaturated/α-hetero) is 1. The Morgan fingerprint density at radius 2 is 1.95 bits per heavy atom. The number of ketones is 1. The average molecular weight is 257 g/mol. The number of benzene rings is 1. The number of carbonyl (C=O) groups is 1. The average Bonchev–Trinajstić information content (AvgIpc) is 2.91. The van der Waals surface area contributed by atoms with Crippen LogP contribution in [-0.4, -0.2) is 30.3 Å². The van der Waals surface area contributed by atoms with Gasteiger partial charge in [-0.15, -0.1) is 0 Å². The summed E-state index contributed by atoms with van der Waals surface area (Å²) in [5.41, 5.74) is 1.46. The standard InChI is InChI=1S/C17H23NO/c19-17-9-5-4-8-16(17)13-18-11-10-15(12-18)14-6-2-1-3-7-14/h1-3,6-7,15-16H,4-5,8-13H2. The lowest BCUT2D eigenvalue weighted by Gasteiger charge is -2.25. The topological polar surface area (TPSA) is 20.3 Å². The van der Waals surface area contributed by atoms with Crippen LogP contribution in [0.4, 0.5) is 0 Å². The van der Waals surface area contributed by atoms with Crippen molar-refractivity contribution in [2.45, 2.75) is 38.0 Å². The van der Waals surface area contributed by atoms with Crippen LogP contribution in [0.25, 0.3) is 0 Å². The number of rotatable bonds is 3. The molecule has 102 valence electrons. The molecule has 0 N–H and O–H groups in total. The Morgan fingerprint density at radius 3 is 2.74 bits per heavy atom. The third kappa shape index (κ3) is 3.06.